The first kappa shape index (κ1) is 13.4. The Morgan fingerprint density at radius 1 is 1.16 bits per heavy atom. The SMILES string of the molecule is CS(=O)(=O)c1cccc(NCc2ccccc2O)n1. The van der Waals surface area contributed by atoms with Gasteiger partial charge in [-0.25, -0.2) is 13.4 Å². The fourth-order valence-corrected chi connectivity index (χ4v) is 2.16. The highest BCUT2D eigenvalue weighted by Gasteiger charge is 2.09. The highest BCUT2D eigenvalue weighted by Crippen LogP contribution is 2.17. The Hall–Kier alpha value is -2.08. The highest BCUT2D eigenvalue weighted by molar-refractivity contribution is 7.90. The predicted molar refractivity (Wildman–Crippen MR) is 72.8 cm³/mol. The van der Waals surface area contributed by atoms with Crippen molar-refractivity contribution in [2.75, 3.05) is 11.6 Å². The van der Waals surface area contributed by atoms with Crippen LogP contribution in [0.25, 0.3) is 0 Å². The zero-order valence-electron chi connectivity index (χ0n) is 10.4. The smallest absolute Gasteiger partial charge is 0.192 e. The van der Waals surface area contributed by atoms with Crippen LogP contribution in [0.2, 0.25) is 0 Å². The number of hydrogen-bond acceptors (Lipinski definition) is 5. The molecule has 0 saturated carbocycles. The van der Waals surface area contributed by atoms with E-state index in [0.29, 0.717) is 17.9 Å². The normalized spacial score (nSPS) is 11.2. The molecule has 19 heavy (non-hydrogen) atoms. The van der Waals surface area contributed by atoms with Crippen molar-refractivity contribution in [2.24, 2.45) is 0 Å². The molecule has 0 saturated heterocycles. The molecule has 0 atom stereocenters. The zero-order valence-corrected chi connectivity index (χ0v) is 11.2. The third kappa shape index (κ3) is 3.45. The number of benzene rings is 1. The van der Waals surface area contributed by atoms with Gasteiger partial charge in [0.15, 0.2) is 14.9 Å². The molecular weight excluding hydrogens is 264 g/mol. The van der Waals surface area contributed by atoms with E-state index in [0.717, 1.165) is 6.26 Å². The van der Waals surface area contributed by atoms with Gasteiger partial charge >= 0.3 is 0 Å². The first-order chi connectivity index (χ1) is 8.97. The molecule has 6 heteroatoms. The number of rotatable bonds is 4. The fraction of sp³-hybridized carbons (Fsp3) is 0.154. The van der Waals surface area contributed by atoms with Crippen LogP contribution in [0, 0.1) is 0 Å². The second-order valence-corrected chi connectivity index (χ2v) is 6.08. The molecule has 0 amide bonds. The summed E-state index contributed by atoms with van der Waals surface area (Å²) in [6.07, 6.45) is 1.11. The summed E-state index contributed by atoms with van der Waals surface area (Å²) in [5.41, 5.74) is 0.717. The first-order valence-corrected chi connectivity index (χ1v) is 7.54. The van der Waals surface area contributed by atoms with Crippen LogP contribution >= 0.6 is 0 Å². The van der Waals surface area contributed by atoms with E-state index >= 15 is 0 Å². The summed E-state index contributed by atoms with van der Waals surface area (Å²) in [4.78, 5) is 4.01. The van der Waals surface area contributed by atoms with Crippen molar-refractivity contribution >= 4 is 15.7 Å². The number of aromatic hydroxyl groups is 1. The third-order valence-electron chi connectivity index (χ3n) is 2.56. The van der Waals surface area contributed by atoms with Crippen LogP contribution in [-0.4, -0.2) is 24.8 Å². The molecule has 2 aromatic rings. The monoisotopic (exact) mass is 278 g/mol. The predicted octanol–water partition coefficient (Wildman–Crippen LogP) is 1.80. The zero-order chi connectivity index (χ0) is 13.9. The lowest BCUT2D eigenvalue weighted by Gasteiger charge is -2.08. The summed E-state index contributed by atoms with van der Waals surface area (Å²) in [5, 5.41) is 12.6. The van der Waals surface area contributed by atoms with Gasteiger partial charge in [-0.15, -0.1) is 0 Å². The number of para-hydroxylation sites is 1. The van der Waals surface area contributed by atoms with E-state index in [1.54, 1.807) is 30.3 Å². The van der Waals surface area contributed by atoms with Crippen LogP contribution in [0.3, 0.4) is 0 Å². The van der Waals surface area contributed by atoms with Gasteiger partial charge in [0.05, 0.1) is 0 Å². The van der Waals surface area contributed by atoms with Crippen LogP contribution in [0.5, 0.6) is 5.75 Å². The molecule has 0 aliphatic heterocycles. The summed E-state index contributed by atoms with van der Waals surface area (Å²) >= 11 is 0. The van der Waals surface area contributed by atoms with Crippen molar-refractivity contribution in [3.8, 4) is 5.75 Å². The van der Waals surface area contributed by atoms with Crippen LogP contribution in [0.1, 0.15) is 5.56 Å². The van der Waals surface area contributed by atoms with Gasteiger partial charge in [0.2, 0.25) is 0 Å². The molecule has 0 fully saturated rings. The number of hydrogen-bond donors (Lipinski definition) is 2. The molecule has 2 N–H and O–H groups in total. The maximum absolute atomic E-state index is 11.4. The number of nitrogens with one attached hydrogen (secondary N) is 1. The second kappa shape index (κ2) is 5.27. The van der Waals surface area contributed by atoms with E-state index in [9.17, 15) is 13.5 Å². The number of nitrogens with zero attached hydrogens (tertiary/aromatic N) is 1. The molecule has 0 radical (unpaired) electrons. The van der Waals surface area contributed by atoms with Gasteiger partial charge in [0, 0.05) is 18.4 Å². The molecule has 0 aliphatic rings. The van der Waals surface area contributed by atoms with Crippen molar-refractivity contribution < 1.29 is 13.5 Å². The van der Waals surface area contributed by atoms with E-state index in [2.05, 4.69) is 10.3 Å². The lowest BCUT2D eigenvalue weighted by molar-refractivity contribution is 0.469. The number of aromatic nitrogens is 1. The Balaban J connectivity index is 2.15. The van der Waals surface area contributed by atoms with Gasteiger partial charge < -0.3 is 10.4 Å². The molecular formula is C13H14N2O3S. The van der Waals surface area contributed by atoms with Gasteiger partial charge in [0.1, 0.15) is 11.6 Å². The van der Waals surface area contributed by atoms with Crippen molar-refractivity contribution in [3.05, 3.63) is 48.0 Å². The van der Waals surface area contributed by atoms with E-state index in [-0.39, 0.29) is 10.8 Å². The van der Waals surface area contributed by atoms with Gasteiger partial charge in [-0.3, -0.25) is 0 Å². The topological polar surface area (TPSA) is 79.3 Å². The fourth-order valence-electron chi connectivity index (χ4n) is 1.57. The van der Waals surface area contributed by atoms with E-state index < -0.39 is 9.84 Å². The number of phenols is 1. The summed E-state index contributed by atoms with van der Waals surface area (Å²) in [5.74, 6) is 0.639. The average molecular weight is 278 g/mol. The Morgan fingerprint density at radius 3 is 2.58 bits per heavy atom. The van der Waals surface area contributed by atoms with Gasteiger partial charge in [-0.2, -0.15) is 0 Å². The third-order valence-corrected chi connectivity index (χ3v) is 3.54. The highest BCUT2D eigenvalue weighted by atomic mass is 32.2. The molecule has 5 nitrogen and oxygen atoms in total. The number of phenolic OH excluding ortho intramolecular Hbond substituents is 1. The summed E-state index contributed by atoms with van der Waals surface area (Å²) < 4.78 is 22.8. The lowest BCUT2D eigenvalue weighted by atomic mass is 10.2. The van der Waals surface area contributed by atoms with E-state index in [1.165, 1.54) is 6.07 Å². The molecule has 0 bridgehead atoms. The molecule has 100 valence electrons. The Bertz CT molecular complexity index is 684. The van der Waals surface area contributed by atoms with E-state index in [4.69, 9.17) is 0 Å². The minimum Gasteiger partial charge on any atom is -0.508 e. The van der Waals surface area contributed by atoms with Crippen LogP contribution in [0.15, 0.2) is 47.5 Å². The molecule has 2 rings (SSSR count). The summed E-state index contributed by atoms with van der Waals surface area (Å²) in [6.45, 7) is 0.368. The number of pyridine rings is 1. The number of anilines is 1. The van der Waals surface area contributed by atoms with Crippen LogP contribution in [0.4, 0.5) is 5.82 Å². The van der Waals surface area contributed by atoms with Crippen molar-refractivity contribution in [2.45, 2.75) is 11.6 Å². The molecule has 0 aliphatic carbocycles. The van der Waals surface area contributed by atoms with E-state index in [1.807, 2.05) is 6.07 Å². The number of sulfone groups is 1. The Morgan fingerprint density at radius 2 is 1.89 bits per heavy atom. The van der Waals surface area contributed by atoms with Crippen molar-refractivity contribution in [3.63, 3.8) is 0 Å². The van der Waals surface area contributed by atoms with Crippen LogP contribution in [-0.2, 0) is 16.4 Å². The summed E-state index contributed by atoms with van der Waals surface area (Å²) in [6, 6.07) is 11.7. The maximum Gasteiger partial charge on any atom is 0.192 e. The second-order valence-electron chi connectivity index (χ2n) is 4.12. The van der Waals surface area contributed by atoms with Crippen LogP contribution < -0.4 is 5.32 Å². The van der Waals surface area contributed by atoms with Gasteiger partial charge in [-0.05, 0) is 18.2 Å². The molecule has 0 unspecified atom stereocenters. The van der Waals surface area contributed by atoms with Crippen molar-refractivity contribution in [1.82, 2.24) is 4.98 Å². The minimum absolute atomic E-state index is 0.0229. The average Bonchev–Trinajstić information content (AvgIpc) is 2.37. The minimum atomic E-state index is -3.32. The summed E-state index contributed by atoms with van der Waals surface area (Å²) in [7, 11) is -3.32. The molecule has 1 heterocycles. The maximum atomic E-state index is 11.4. The van der Waals surface area contributed by atoms with Gasteiger partial charge in [0.25, 0.3) is 0 Å². The van der Waals surface area contributed by atoms with Gasteiger partial charge in [-0.1, -0.05) is 24.3 Å². The van der Waals surface area contributed by atoms with Crippen molar-refractivity contribution in [1.29, 1.82) is 0 Å². The largest absolute Gasteiger partial charge is 0.508 e. The quantitative estimate of drug-likeness (QED) is 0.891. The Labute approximate surface area is 111 Å². The standard InChI is InChI=1S/C13H14N2O3S/c1-19(17,18)13-8-4-7-12(15-13)14-9-10-5-2-3-6-11(10)16/h2-8,16H,9H2,1H3,(H,14,15). The Kier molecular flexibility index (Phi) is 3.71. The first-order valence-electron chi connectivity index (χ1n) is 5.65. The molecule has 0 spiro atoms. The molecule has 1 aromatic carbocycles. The lowest BCUT2D eigenvalue weighted by Crippen LogP contribution is -2.05. The molecule has 1 aromatic heterocycles.